The van der Waals surface area contributed by atoms with Crippen molar-refractivity contribution in [2.24, 2.45) is 11.3 Å². The van der Waals surface area contributed by atoms with Crippen molar-refractivity contribution in [3.05, 3.63) is 0 Å². The van der Waals surface area contributed by atoms with E-state index in [2.05, 4.69) is 17.6 Å². The van der Waals surface area contributed by atoms with Crippen molar-refractivity contribution < 1.29 is 19.5 Å². The predicted octanol–water partition coefficient (Wildman–Crippen LogP) is 1.69. The molecule has 0 aromatic heterocycles. The number of carboxylic acids is 1. The second-order valence-electron chi connectivity index (χ2n) is 7.37. The molecule has 2 amide bonds. The molecule has 6 nitrogen and oxygen atoms in total. The van der Waals surface area contributed by atoms with Crippen molar-refractivity contribution in [2.75, 3.05) is 6.54 Å². The Kier molecular flexibility index (Phi) is 5.97. The second-order valence-corrected chi connectivity index (χ2v) is 7.37. The summed E-state index contributed by atoms with van der Waals surface area (Å²) in [7, 11) is 0. The lowest BCUT2D eigenvalue weighted by molar-refractivity contribution is -0.149. The van der Waals surface area contributed by atoms with Crippen molar-refractivity contribution in [3.8, 4) is 0 Å². The maximum Gasteiger partial charge on any atom is 0.329 e. The molecule has 1 aliphatic rings. The first kappa shape index (κ1) is 18.5. The zero-order valence-electron chi connectivity index (χ0n) is 14.0. The number of amides is 2. The van der Waals surface area contributed by atoms with Crippen molar-refractivity contribution in [1.82, 2.24) is 10.6 Å². The third-order valence-electron chi connectivity index (χ3n) is 4.23. The zero-order valence-corrected chi connectivity index (χ0v) is 14.0. The van der Waals surface area contributed by atoms with Crippen molar-refractivity contribution in [3.63, 3.8) is 0 Å². The molecule has 1 saturated carbocycles. The summed E-state index contributed by atoms with van der Waals surface area (Å²) in [5.74, 6) is -0.923. The van der Waals surface area contributed by atoms with Crippen LogP contribution in [0, 0.1) is 11.3 Å². The number of hydrogen-bond acceptors (Lipinski definition) is 3. The van der Waals surface area contributed by atoms with Crippen LogP contribution >= 0.6 is 0 Å². The molecule has 0 heterocycles. The highest BCUT2D eigenvalue weighted by Crippen LogP contribution is 2.32. The van der Waals surface area contributed by atoms with E-state index in [1.165, 1.54) is 0 Å². The van der Waals surface area contributed by atoms with Crippen LogP contribution in [0.4, 0.5) is 0 Å². The van der Waals surface area contributed by atoms with E-state index in [1.807, 2.05) is 0 Å². The Bertz CT molecular complexity index is 432. The maximum absolute atomic E-state index is 12.0. The van der Waals surface area contributed by atoms with Gasteiger partial charge in [0.2, 0.25) is 11.8 Å². The minimum absolute atomic E-state index is 0.0897. The Morgan fingerprint density at radius 1 is 1.18 bits per heavy atom. The van der Waals surface area contributed by atoms with Gasteiger partial charge < -0.3 is 15.7 Å². The Balaban J connectivity index is 2.49. The van der Waals surface area contributed by atoms with E-state index in [1.54, 1.807) is 20.8 Å². The minimum atomic E-state index is -1.14. The van der Waals surface area contributed by atoms with E-state index in [0.717, 1.165) is 12.8 Å². The second kappa shape index (κ2) is 7.11. The highest BCUT2D eigenvalue weighted by molar-refractivity contribution is 5.87. The number of aliphatic carboxylic acids is 1. The fourth-order valence-electron chi connectivity index (χ4n) is 2.53. The number of hydrogen-bond donors (Lipinski definition) is 3. The highest BCUT2D eigenvalue weighted by Gasteiger charge is 2.42. The van der Waals surface area contributed by atoms with Crippen LogP contribution < -0.4 is 10.6 Å². The van der Waals surface area contributed by atoms with Crippen LogP contribution in [0.2, 0.25) is 0 Å². The standard InChI is InChI=1S/C16H28N2O4/c1-11-5-8-16(9-6-11,14(21)22)18-12(19)7-10-17-13(20)15(2,3)4/h11H,5-10H2,1-4H3,(H,17,20)(H,18,19)(H,21,22). The van der Waals surface area contributed by atoms with Crippen LogP contribution in [0.5, 0.6) is 0 Å². The van der Waals surface area contributed by atoms with E-state index in [0.29, 0.717) is 18.8 Å². The Morgan fingerprint density at radius 2 is 1.73 bits per heavy atom. The fourth-order valence-corrected chi connectivity index (χ4v) is 2.53. The van der Waals surface area contributed by atoms with Crippen molar-refractivity contribution in [1.29, 1.82) is 0 Å². The number of carbonyl (C=O) groups excluding carboxylic acids is 2. The third kappa shape index (κ3) is 5.00. The van der Waals surface area contributed by atoms with E-state index in [9.17, 15) is 19.5 Å². The fraction of sp³-hybridized carbons (Fsp3) is 0.812. The van der Waals surface area contributed by atoms with E-state index >= 15 is 0 Å². The smallest absolute Gasteiger partial charge is 0.329 e. The van der Waals surface area contributed by atoms with Crippen LogP contribution in [0.3, 0.4) is 0 Å². The summed E-state index contributed by atoms with van der Waals surface area (Å²) in [6.45, 7) is 7.70. The summed E-state index contributed by atoms with van der Waals surface area (Å²) in [6.07, 6.45) is 2.61. The first-order valence-electron chi connectivity index (χ1n) is 7.89. The molecule has 0 bridgehead atoms. The molecule has 0 aromatic carbocycles. The average molecular weight is 312 g/mol. The molecule has 0 aromatic rings. The SMILES string of the molecule is CC1CCC(NC(=O)CCNC(=O)C(C)(C)C)(C(=O)O)CC1. The molecule has 0 unspecified atom stereocenters. The molecule has 126 valence electrons. The Hall–Kier alpha value is -1.59. The third-order valence-corrected chi connectivity index (χ3v) is 4.23. The Labute approximate surface area is 132 Å². The van der Waals surface area contributed by atoms with Gasteiger partial charge in [-0.15, -0.1) is 0 Å². The molecule has 0 aliphatic heterocycles. The van der Waals surface area contributed by atoms with Gasteiger partial charge in [0.15, 0.2) is 0 Å². The molecule has 6 heteroatoms. The monoisotopic (exact) mass is 312 g/mol. The summed E-state index contributed by atoms with van der Waals surface area (Å²) < 4.78 is 0. The van der Waals surface area contributed by atoms with Crippen molar-refractivity contribution >= 4 is 17.8 Å². The summed E-state index contributed by atoms with van der Waals surface area (Å²) in [6, 6.07) is 0. The molecule has 22 heavy (non-hydrogen) atoms. The molecule has 0 radical (unpaired) electrons. The lowest BCUT2D eigenvalue weighted by Crippen LogP contribution is -2.56. The van der Waals surface area contributed by atoms with Crippen molar-refractivity contribution in [2.45, 2.75) is 65.3 Å². The number of rotatable bonds is 5. The van der Waals surface area contributed by atoms with Crippen LogP contribution in [0.15, 0.2) is 0 Å². The topological polar surface area (TPSA) is 95.5 Å². The molecule has 1 aliphatic carbocycles. The molecule has 0 saturated heterocycles. The first-order chi connectivity index (χ1) is 10.1. The number of nitrogens with one attached hydrogen (secondary N) is 2. The van der Waals surface area contributed by atoms with Crippen LogP contribution in [0.25, 0.3) is 0 Å². The lowest BCUT2D eigenvalue weighted by Gasteiger charge is -2.36. The molecular weight excluding hydrogens is 284 g/mol. The quantitative estimate of drug-likeness (QED) is 0.720. The van der Waals surface area contributed by atoms with Gasteiger partial charge in [-0.05, 0) is 31.6 Å². The molecule has 0 spiro atoms. The van der Waals surface area contributed by atoms with Gasteiger partial charge in [0.25, 0.3) is 0 Å². The van der Waals surface area contributed by atoms with Gasteiger partial charge in [-0.1, -0.05) is 27.7 Å². The van der Waals surface area contributed by atoms with E-state index in [4.69, 9.17) is 0 Å². The van der Waals surface area contributed by atoms with Gasteiger partial charge in [-0.25, -0.2) is 4.79 Å². The van der Waals surface area contributed by atoms with Gasteiger partial charge in [0.1, 0.15) is 5.54 Å². The van der Waals surface area contributed by atoms with Crippen LogP contribution in [-0.4, -0.2) is 35.0 Å². The van der Waals surface area contributed by atoms with E-state index in [-0.39, 0.29) is 24.8 Å². The van der Waals surface area contributed by atoms with Gasteiger partial charge >= 0.3 is 5.97 Å². The molecule has 1 fully saturated rings. The first-order valence-corrected chi connectivity index (χ1v) is 7.89. The summed E-state index contributed by atoms with van der Waals surface area (Å²) in [4.78, 5) is 35.3. The number of carboxylic acid groups (broad SMARTS) is 1. The minimum Gasteiger partial charge on any atom is -0.480 e. The van der Waals surface area contributed by atoms with Gasteiger partial charge in [0.05, 0.1) is 0 Å². The number of carbonyl (C=O) groups is 3. The molecule has 1 rings (SSSR count). The van der Waals surface area contributed by atoms with Gasteiger partial charge in [-0.2, -0.15) is 0 Å². The molecule has 3 N–H and O–H groups in total. The Morgan fingerprint density at radius 3 is 2.18 bits per heavy atom. The van der Waals surface area contributed by atoms with E-state index < -0.39 is 16.9 Å². The summed E-state index contributed by atoms with van der Waals surface area (Å²) >= 11 is 0. The van der Waals surface area contributed by atoms with Gasteiger partial charge in [0, 0.05) is 18.4 Å². The normalized spacial score (nSPS) is 25.4. The lowest BCUT2D eigenvalue weighted by atomic mass is 9.77. The molecular formula is C16H28N2O4. The van der Waals surface area contributed by atoms with Crippen LogP contribution in [-0.2, 0) is 14.4 Å². The van der Waals surface area contributed by atoms with Crippen LogP contribution in [0.1, 0.15) is 59.8 Å². The summed E-state index contributed by atoms with van der Waals surface area (Å²) in [5.41, 5.74) is -1.64. The van der Waals surface area contributed by atoms with Gasteiger partial charge in [-0.3, -0.25) is 9.59 Å². The largest absolute Gasteiger partial charge is 0.480 e. The average Bonchev–Trinajstić information content (AvgIpc) is 2.40. The maximum atomic E-state index is 12.0. The summed E-state index contributed by atoms with van der Waals surface area (Å²) in [5, 5.41) is 14.8. The molecule has 0 atom stereocenters. The predicted molar refractivity (Wildman–Crippen MR) is 83.2 cm³/mol. The zero-order chi connectivity index (χ0) is 17.0. The highest BCUT2D eigenvalue weighted by atomic mass is 16.4.